The third kappa shape index (κ3) is 5.07. The topological polar surface area (TPSA) is 102 Å². The second-order valence-electron chi connectivity index (χ2n) is 6.26. The van der Waals surface area contributed by atoms with Gasteiger partial charge in [-0.1, -0.05) is 16.8 Å². The van der Waals surface area contributed by atoms with Crippen LogP contribution in [0, 0.1) is 6.92 Å². The Labute approximate surface area is 162 Å². The minimum Gasteiger partial charge on any atom is -0.377 e. The van der Waals surface area contributed by atoms with Gasteiger partial charge in [0.1, 0.15) is 5.76 Å². The molecule has 2 heterocycles. The summed E-state index contributed by atoms with van der Waals surface area (Å²) < 4.78 is 37.6. The molecule has 1 aromatic carbocycles. The Bertz CT molecular complexity index is 892. The van der Waals surface area contributed by atoms with Crippen molar-refractivity contribution in [2.75, 3.05) is 25.0 Å². The van der Waals surface area contributed by atoms with Gasteiger partial charge in [0.25, 0.3) is 0 Å². The predicted molar refractivity (Wildman–Crippen MR) is 99.1 cm³/mol. The molecule has 1 amide bonds. The molecule has 1 atom stereocenters. The molecule has 8 nitrogen and oxygen atoms in total. The summed E-state index contributed by atoms with van der Waals surface area (Å²) in [6.07, 6.45) is 1.37. The zero-order valence-electron chi connectivity index (χ0n) is 14.7. The maximum atomic E-state index is 13.0. The summed E-state index contributed by atoms with van der Waals surface area (Å²) in [5.74, 6) is 0.257. The molecule has 2 aromatic rings. The monoisotopic (exact) mass is 413 g/mol. The van der Waals surface area contributed by atoms with E-state index in [0.29, 0.717) is 17.4 Å². The molecule has 1 saturated heterocycles. The average molecular weight is 414 g/mol. The molecule has 3 rings (SSSR count). The smallest absolute Gasteiger partial charge is 0.243 e. The molecule has 1 aliphatic rings. The first-order valence-electron chi connectivity index (χ1n) is 8.45. The van der Waals surface area contributed by atoms with E-state index in [2.05, 4.69) is 10.5 Å². The lowest BCUT2D eigenvalue weighted by Crippen LogP contribution is -2.42. The van der Waals surface area contributed by atoms with Crippen LogP contribution in [0.25, 0.3) is 0 Å². The fourth-order valence-corrected chi connectivity index (χ4v) is 4.34. The van der Waals surface area contributed by atoms with Crippen LogP contribution in [0.2, 0.25) is 5.02 Å². The number of ether oxygens (including phenoxy) is 1. The standard InChI is InChI=1S/C17H20ClN3O5S/c1-12-9-16(20-26-12)19-17(22)11-21(10-14-3-2-8-25-14)27(23,24)15-6-4-13(18)5-7-15/h4-7,9,14H,2-3,8,10-11H2,1H3,(H,19,20,22). The number of aryl methyl sites for hydroxylation is 1. The summed E-state index contributed by atoms with van der Waals surface area (Å²) in [6.45, 7) is 2.01. The summed E-state index contributed by atoms with van der Waals surface area (Å²) in [7, 11) is -3.90. The predicted octanol–water partition coefficient (Wildman–Crippen LogP) is 2.44. The Morgan fingerprint density at radius 3 is 2.70 bits per heavy atom. The summed E-state index contributed by atoms with van der Waals surface area (Å²) in [4.78, 5) is 12.4. The van der Waals surface area contributed by atoms with Crippen molar-refractivity contribution in [1.29, 1.82) is 0 Å². The van der Waals surface area contributed by atoms with Gasteiger partial charge in [-0.3, -0.25) is 4.79 Å². The molecular weight excluding hydrogens is 394 g/mol. The molecule has 146 valence electrons. The van der Waals surface area contributed by atoms with Crippen molar-refractivity contribution in [2.45, 2.75) is 30.8 Å². The van der Waals surface area contributed by atoms with Gasteiger partial charge in [0, 0.05) is 24.2 Å². The van der Waals surface area contributed by atoms with Gasteiger partial charge in [0.05, 0.1) is 17.5 Å². The van der Waals surface area contributed by atoms with Crippen LogP contribution in [-0.2, 0) is 19.6 Å². The van der Waals surface area contributed by atoms with Gasteiger partial charge in [0.2, 0.25) is 15.9 Å². The lowest BCUT2D eigenvalue weighted by molar-refractivity contribution is -0.116. The average Bonchev–Trinajstić information content (AvgIpc) is 3.26. The highest BCUT2D eigenvalue weighted by molar-refractivity contribution is 7.89. The van der Waals surface area contributed by atoms with Crippen molar-refractivity contribution in [2.24, 2.45) is 0 Å². The molecule has 0 aliphatic carbocycles. The molecule has 1 aromatic heterocycles. The van der Waals surface area contributed by atoms with Gasteiger partial charge in [-0.05, 0) is 44.0 Å². The second kappa shape index (κ2) is 8.39. The quantitative estimate of drug-likeness (QED) is 0.748. The maximum Gasteiger partial charge on any atom is 0.243 e. The number of amides is 1. The number of carbonyl (C=O) groups excluding carboxylic acids is 1. The molecule has 1 fully saturated rings. The van der Waals surface area contributed by atoms with Crippen molar-refractivity contribution in [3.8, 4) is 0 Å². The highest BCUT2D eigenvalue weighted by atomic mass is 35.5. The van der Waals surface area contributed by atoms with Crippen LogP contribution in [0.3, 0.4) is 0 Å². The lowest BCUT2D eigenvalue weighted by Gasteiger charge is -2.24. The number of carbonyl (C=O) groups is 1. The summed E-state index contributed by atoms with van der Waals surface area (Å²) >= 11 is 5.85. The number of hydrogen-bond donors (Lipinski definition) is 1. The van der Waals surface area contributed by atoms with E-state index in [1.54, 1.807) is 13.0 Å². The van der Waals surface area contributed by atoms with E-state index >= 15 is 0 Å². The van der Waals surface area contributed by atoms with Crippen LogP contribution in [-0.4, -0.2) is 49.6 Å². The zero-order chi connectivity index (χ0) is 19.4. The molecule has 0 radical (unpaired) electrons. The molecule has 1 N–H and O–H groups in total. The number of nitrogens with zero attached hydrogens (tertiary/aromatic N) is 2. The largest absolute Gasteiger partial charge is 0.377 e. The van der Waals surface area contributed by atoms with Crippen molar-refractivity contribution in [3.63, 3.8) is 0 Å². The fourth-order valence-electron chi connectivity index (χ4n) is 2.79. The molecule has 0 spiro atoms. The Hall–Kier alpha value is -1.94. The van der Waals surface area contributed by atoms with Crippen molar-refractivity contribution in [3.05, 3.63) is 41.1 Å². The first kappa shape index (κ1) is 19.8. The number of nitrogens with one attached hydrogen (secondary N) is 1. The van der Waals surface area contributed by atoms with Crippen LogP contribution >= 0.6 is 11.6 Å². The Morgan fingerprint density at radius 1 is 1.37 bits per heavy atom. The van der Waals surface area contributed by atoms with Gasteiger partial charge < -0.3 is 14.6 Å². The lowest BCUT2D eigenvalue weighted by atomic mass is 10.2. The molecule has 0 bridgehead atoms. The van der Waals surface area contributed by atoms with E-state index in [1.807, 2.05) is 0 Å². The summed E-state index contributed by atoms with van der Waals surface area (Å²) in [5, 5.41) is 6.65. The van der Waals surface area contributed by atoms with E-state index in [1.165, 1.54) is 24.3 Å². The molecule has 10 heteroatoms. The molecule has 1 unspecified atom stereocenters. The third-order valence-corrected chi connectivity index (χ3v) is 6.18. The number of sulfonamides is 1. The summed E-state index contributed by atoms with van der Waals surface area (Å²) in [6, 6.07) is 7.38. The number of rotatable bonds is 7. The normalized spacial score (nSPS) is 17.4. The van der Waals surface area contributed by atoms with Crippen molar-refractivity contribution >= 4 is 33.3 Å². The maximum absolute atomic E-state index is 13.0. The van der Waals surface area contributed by atoms with E-state index in [0.717, 1.165) is 17.1 Å². The summed E-state index contributed by atoms with van der Waals surface area (Å²) in [5.41, 5.74) is 0. The fraction of sp³-hybridized carbons (Fsp3) is 0.412. The third-order valence-electron chi connectivity index (χ3n) is 4.10. The number of hydrogen-bond acceptors (Lipinski definition) is 6. The van der Waals surface area contributed by atoms with Gasteiger partial charge in [-0.25, -0.2) is 8.42 Å². The zero-order valence-corrected chi connectivity index (χ0v) is 16.3. The van der Waals surface area contributed by atoms with Crippen molar-refractivity contribution in [1.82, 2.24) is 9.46 Å². The van der Waals surface area contributed by atoms with Crippen LogP contribution in [0.5, 0.6) is 0 Å². The SMILES string of the molecule is Cc1cc(NC(=O)CN(CC2CCCO2)S(=O)(=O)c2ccc(Cl)cc2)no1. The van der Waals surface area contributed by atoms with Crippen LogP contribution in [0.15, 0.2) is 39.8 Å². The van der Waals surface area contributed by atoms with Crippen LogP contribution < -0.4 is 5.32 Å². The number of halogens is 1. The molecule has 0 saturated carbocycles. The van der Waals surface area contributed by atoms with E-state index in [-0.39, 0.29) is 29.9 Å². The van der Waals surface area contributed by atoms with Gasteiger partial charge in [-0.15, -0.1) is 0 Å². The molecular formula is C17H20ClN3O5S. The van der Waals surface area contributed by atoms with Gasteiger partial charge >= 0.3 is 0 Å². The van der Waals surface area contributed by atoms with Crippen molar-refractivity contribution < 1.29 is 22.5 Å². The highest BCUT2D eigenvalue weighted by Gasteiger charge is 2.31. The minimum atomic E-state index is -3.90. The van der Waals surface area contributed by atoms with Crippen LogP contribution in [0.4, 0.5) is 5.82 Å². The van der Waals surface area contributed by atoms with E-state index in [9.17, 15) is 13.2 Å². The molecule has 27 heavy (non-hydrogen) atoms. The van der Waals surface area contributed by atoms with Crippen LogP contribution in [0.1, 0.15) is 18.6 Å². The Kier molecular flexibility index (Phi) is 6.15. The van der Waals surface area contributed by atoms with Gasteiger partial charge in [-0.2, -0.15) is 4.31 Å². The number of anilines is 1. The minimum absolute atomic E-state index is 0.0648. The first-order chi connectivity index (χ1) is 12.8. The first-order valence-corrected chi connectivity index (χ1v) is 10.3. The highest BCUT2D eigenvalue weighted by Crippen LogP contribution is 2.22. The number of benzene rings is 1. The van der Waals surface area contributed by atoms with E-state index in [4.69, 9.17) is 20.9 Å². The Balaban J connectivity index is 1.79. The Morgan fingerprint density at radius 2 is 2.11 bits per heavy atom. The number of aromatic nitrogens is 1. The van der Waals surface area contributed by atoms with E-state index < -0.39 is 15.9 Å². The van der Waals surface area contributed by atoms with Gasteiger partial charge in [0.15, 0.2) is 5.82 Å². The second-order valence-corrected chi connectivity index (χ2v) is 8.63. The molecule has 1 aliphatic heterocycles.